The quantitative estimate of drug-likeness (QED) is 0.838. The van der Waals surface area contributed by atoms with Crippen molar-refractivity contribution in [1.82, 2.24) is 5.01 Å². The Balaban J connectivity index is 2.04. The normalized spacial score (nSPS) is 21.7. The predicted octanol–water partition coefficient (Wildman–Crippen LogP) is 3.75. The summed E-state index contributed by atoms with van der Waals surface area (Å²) in [4.78, 5) is 1.78. The molecule has 1 saturated heterocycles. The number of halogens is 3. The lowest BCUT2D eigenvalue weighted by Gasteiger charge is -2.47. The highest BCUT2D eigenvalue weighted by Crippen LogP contribution is 2.41. The summed E-state index contributed by atoms with van der Waals surface area (Å²) in [5.41, 5.74) is 1.29. The van der Waals surface area contributed by atoms with Crippen LogP contribution < -0.4 is 15.5 Å². The molecular weight excluding hydrogens is 343 g/mol. The van der Waals surface area contributed by atoms with Gasteiger partial charge in [-0.05, 0) is 36.8 Å². The van der Waals surface area contributed by atoms with Gasteiger partial charge in [0.25, 0.3) is 0 Å². The SMILES string of the molecule is CCOc1ccc(C2C(C(F)(F)F)N(N)CCN2c2ccccc2)cc1. The number of hydrazine groups is 1. The molecule has 2 aromatic carbocycles. The van der Waals surface area contributed by atoms with Gasteiger partial charge >= 0.3 is 6.18 Å². The average Bonchev–Trinajstić information content (AvgIpc) is 2.62. The number of rotatable bonds is 4. The van der Waals surface area contributed by atoms with Crippen LogP contribution in [0.2, 0.25) is 0 Å². The molecule has 2 atom stereocenters. The van der Waals surface area contributed by atoms with Gasteiger partial charge < -0.3 is 9.64 Å². The Morgan fingerprint density at radius 1 is 1.04 bits per heavy atom. The fraction of sp³-hybridized carbons (Fsp3) is 0.368. The van der Waals surface area contributed by atoms with Crippen LogP contribution in [0.1, 0.15) is 18.5 Å². The van der Waals surface area contributed by atoms with Crippen LogP contribution in [-0.2, 0) is 0 Å². The van der Waals surface area contributed by atoms with Gasteiger partial charge in [-0.3, -0.25) is 5.84 Å². The molecule has 0 spiro atoms. The number of ether oxygens (including phenoxy) is 1. The van der Waals surface area contributed by atoms with Crippen molar-refractivity contribution in [2.24, 2.45) is 5.84 Å². The second kappa shape index (κ2) is 7.55. The third-order valence-corrected chi connectivity index (χ3v) is 4.55. The molecule has 2 unspecified atom stereocenters. The van der Waals surface area contributed by atoms with Crippen LogP contribution in [0.4, 0.5) is 18.9 Å². The van der Waals surface area contributed by atoms with Crippen molar-refractivity contribution in [3.05, 3.63) is 60.2 Å². The Hall–Kier alpha value is -2.25. The smallest absolute Gasteiger partial charge is 0.407 e. The van der Waals surface area contributed by atoms with Gasteiger partial charge in [-0.2, -0.15) is 13.2 Å². The van der Waals surface area contributed by atoms with E-state index in [0.29, 0.717) is 24.5 Å². The molecule has 3 rings (SSSR count). The lowest BCUT2D eigenvalue weighted by Crippen LogP contribution is -2.63. The first-order valence-corrected chi connectivity index (χ1v) is 8.54. The van der Waals surface area contributed by atoms with E-state index in [9.17, 15) is 13.2 Å². The maximum atomic E-state index is 13.8. The highest BCUT2D eigenvalue weighted by atomic mass is 19.4. The maximum absolute atomic E-state index is 13.8. The second-order valence-corrected chi connectivity index (χ2v) is 6.20. The van der Waals surface area contributed by atoms with Gasteiger partial charge in [0.1, 0.15) is 11.8 Å². The third kappa shape index (κ3) is 3.78. The molecule has 0 saturated carbocycles. The van der Waals surface area contributed by atoms with Crippen molar-refractivity contribution in [3.63, 3.8) is 0 Å². The molecule has 2 N–H and O–H groups in total. The minimum Gasteiger partial charge on any atom is -0.494 e. The maximum Gasteiger partial charge on any atom is 0.407 e. The van der Waals surface area contributed by atoms with Crippen molar-refractivity contribution in [2.45, 2.75) is 25.2 Å². The summed E-state index contributed by atoms with van der Waals surface area (Å²) >= 11 is 0. The molecule has 1 heterocycles. The molecule has 0 bridgehead atoms. The third-order valence-electron chi connectivity index (χ3n) is 4.55. The summed E-state index contributed by atoms with van der Waals surface area (Å²) < 4.78 is 46.9. The van der Waals surface area contributed by atoms with Gasteiger partial charge in [0.05, 0.1) is 12.6 Å². The van der Waals surface area contributed by atoms with Crippen LogP contribution in [0.5, 0.6) is 5.75 Å². The molecule has 0 radical (unpaired) electrons. The number of nitrogens with zero attached hydrogens (tertiary/aromatic N) is 2. The van der Waals surface area contributed by atoms with Gasteiger partial charge in [-0.15, -0.1) is 0 Å². The first-order valence-electron chi connectivity index (χ1n) is 8.54. The van der Waals surface area contributed by atoms with Gasteiger partial charge in [-0.25, -0.2) is 5.01 Å². The summed E-state index contributed by atoms with van der Waals surface area (Å²) in [6.07, 6.45) is -4.45. The van der Waals surface area contributed by atoms with Crippen molar-refractivity contribution in [1.29, 1.82) is 0 Å². The Morgan fingerprint density at radius 2 is 1.69 bits per heavy atom. The topological polar surface area (TPSA) is 41.7 Å². The Bertz CT molecular complexity index is 706. The molecule has 2 aromatic rings. The standard InChI is InChI=1S/C19H22F3N3O/c1-2-26-16-10-8-14(9-11-16)17-18(19(20,21)22)25(23)13-12-24(17)15-6-4-3-5-7-15/h3-11,17-18H,2,12-13,23H2,1H3. The van der Waals surface area contributed by atoms with Crippen LogP contribution in [0.15, 0.2) is 54.6 Å². The largest absolute Gasteiger partial charge is 0.494 e. The monoisotopic (exact) mass is 365 g/mol. The first-order chi connectivity index (χ1) is 12.4. The summed E-state index contributed by atoms with van der Waals surface area (Å²) in [6, 6.07) is 13.2. The molecule has 140 valence electrons. The number of para-hydroxylation sites is 1. The lowest BCUT2D eigenvalue weighted by atomic mass is 9.93. The zero-order valence-electron chi connectivity index (χ0n) is 14.5. The van der Waals surface area contributed by atoms with E-state index < -0.39 is 18.3 Å². The van der Waals surface area contributed by atoms with E-state index in [1.807, 2.05) is 37.3 Å². The number of benzene rings is 2. The molecule has 0 amide bonds. The minimum atomic E-state index is -4.45. The summed E-state index contributed by atoms with van der Waals surface area (Å²) in [5, 5.41) is 0.903. The van der Waals surface area contributed by atoms with Gasteiger partial charge in [0.15, 0.2) is 0 Å². The average molecular weight is 365 g/mol. The van der Waals surface area contributed by atoms with Gasteiger partial charge in [-0.1, -0.05) is 30.3 Å². The van der Waals surface area contributed by atoms with Gasteiger partial charge in [0, 0.05) is 18.8 Å². The lowest BCUT2D eigenvalue weighted by molar-refractivity contribution is -0.195. The Morgan fingerprint density at radius 3 is 2.27 bits per heavy atom. The van der Waals surface area contributed by atoms with Crippen LogP contribution in [-0.4, -0.2) is 36.9 Å². The van der Waals surface area contributed by atoms with E-state index in [0.717, 1.165) is 10.7 Å². The molecule has 1 fully saturated rings. The van der Waals surface area contributed by atoms with Crippen molar-refractivity contribution >= 4 is 5.69 Å². The predicted molar refractivity (Wildman–Crippen MR) is 94.9 cm³/mol. The zero-order valence-corrected chi connectivity index (χ0v) is 14.5. The molecule has 7 heteroatoms. The number of anilines is 1. The molecule has 1 aliphatic rings. The van der Waals surface area contributed by atoms with Crippen molar-refractivity contribution in [3.8, 4) is 5.75 Å². The fourth-order valence-electron chi connectivity index (χ4n) is 3.42. The van der Waals surface area contributed by atoms with Crippen LogP contribution in [0.3, 0.4) is 0 Å². The molecule has 0 aromatic heterocycles. The van der Waals surface area contributed by atoms with Crippen LogP contribution in [0, 0.1) is 0 Å². The Kier molecular flexibility index (Phi) is 5.38. The van der Waals surface area contributed by atoms with Crippen LogP contribution in [0.25, 0.3) is 0 Å². The number of hydrogen-bond acceptors (Lipinski definition) is 4. The minimum absolute atomic E-state index is 0.132. The van der Waals surface area contributed by atoms with Crippen molar-refractivity contribution in [2.75, 3.05) is 24.6 Å². The fourth-order valence-corrected chi connectivity index (χ4v) is 3.42. The number of nitrogens with two attached hydrogens (primary N) is 1. The first kappa shape index (κ1) is 18.5. The molecule has 0 aliphatic carbocycles. The van der Waals surface area contributed by atoms with Gasteiger partial charge in [0.2, 0.25) is 0 Å². The Labute approximate surface area is 150 Å². The van der Waals surface area contributed by atoms with E-state index in [1.54, 1.807) is 29.2 Å². The van der Waals surface area contributed by atoms with Crippen molar-refractivity contribution < 1.29 is 17.9 Å². The zero-order chi connectivity index (χ0) is 18.7. The summed E-state index contributed by atoms with van der Waals surface area (Å²) in [6.45, 7) is 2.90. The highest BCUT2D eigenvalue weighted by Gasteiger charge is 2.52. The molecule has 26 heavy (non-hydrogen) atoms. The molecule has 1 aliphatic heterocycles. The summed E-state index contributed by atoms with van der Waals surface area (Å²) in [5.74, 6) is 6.40. The molecule has 4 nitrogen and oxygen atoms in total. The van der Waals surface area contributed by atoms with E-state index in [2.05, 4.69) is 0 Å². The summed E-state index contributed by atoms with van der Waals surface area (Å²) in [7, 11) is 0. The van der Waals surface area contributed by atoms with Crippen LogP contribution >= 0.6 is 0 Å². The second-order valence-electron chi connectivity index (χ2n) is 6.20. The van der Waals surface area contributed by atoms with E-state index in [-0.39, 0.29) is 6.54 Å². The van der Waals surface area contributed by atoms with E-state index >= 15 is 0 Å². The van der Waals surface area contributed by atoms with E-state index in [1.165, 1.54) is 0 Å². The number of piperazine rings is 1. The highest BCUT2D eigenvalue weighted by molar-refractivity contribution is 5.50. The molecular formula is C19H22F3N3O. The van der Waals surface area contributed by atoms with E-state index in [4.69, 9.17) is 10.6 Å². The number of hydrogen-bond donors (Lipinski definition) is 1. The number of alkyl halides is 3.